The van der Waals surface area contributed by atoms with Crippen molar-refractivity contribution in [2.24, 2.45) is 21.7 Å². The number of hydrogen-bond acceptors (Lipinski definition) is 9. The number of nitrogens with one attached hydrogen (secondary N) is 1. The Morgan fingerprint density at radius 3 is 2.56 bits per heavy atom. The minimum Gasteiger partial charge on any atom is -0.423 e. The van der Waals surface area contributed by atoms with Crippen LogP contribution in [0.25, 0.3) is 0 Å². The van der Waals surface area contributed by atoms with Crippen LogP contribution in [-0.4, -0.2) is 29.4 Å². The van der Waals surface area contributed by atoms with E-state index < -0.39 is 12.0 Å². The number of nitrogens with two attached hydrogens (primary N) is 3. The zero-order chi connectivity index (χ0) is 19.8. The standard InChI is InChI=1S/C17H21N7O3/c1-10(19)17(26)27-13-5-3-2-4-11(13)23-24-12-6-7-14(22-16(12)20)21-15(25)8-9-18/h2-7,10H,8-9,18-19H2,1H3,(H3,20,21,22,25)/t10-/m0/s1. The second kappa shape index (κ2) is 9.36. The third kappa shape index (κ3) is 5.83. The van der Waals surface area contributed by atoms with Crippen molar-refractivity contribution in [2.75, 3.05) is 17.6 Å². The molecule has 27 heavy (non-hydrogen) atoms. The first kappa shape index (κ1) is 19.9. The van der Waals surface area contributed by atoms with Crippen LogP contribution in [0.4, 0.5) is 23.0 Å². The van der Waals surface area contributed by atoms with Crippen LogP contribution in [-0.2, 0) is 9.59 Å². The number of nitrogen functional groups attached to an aromatic ring is 1. The molecule has 1 aromatic heterocycles. The highest BCUT2D eigenvalue weighted by atomic mass is 16.5. The highest BCUT2D eigenvalue weighted by Gasteiger charge is 2.13. The molecular formula is C17H21N7O3. The normalized spacial score (nSPS) is 12.0. The van der Waals surface area contributed by atoms with Gasteiger partial charge in [0.15, 0.2) is 11.6 Å². The number of esters is 1. The number of aromatic nitrogens is 1. The molecule has 2 rings (SSSR count). The third-order valence-corrected chi connectivity index (χ3v) is 3.25. The number of hydrogen-bond donors (Lipinski definition) is 4. The Kier molecular flexibility index (Phi) is 6.92. The molecule has 142 valence electrons. The average Bonchev–Trinajstić information content (AvgIpc) is 2.62. The lowest BCUT2D eigenvalue weighted by molar-refractivity contribution is -0.135. The number of carbonyl (C=O) groups excluding carboxylic acids is 2. The SMILES string of the molecule is C[C@H](N)C(=O)Oc1ccccc1N=Nc1ccc(NC(=O)CCN)nc1N. The van der Waals surface area contributed by atoms with Gasteiger partial charge in [-0.05, 0) is 31.2 Å². The summed E-state index contributed by atoms with van der Waals surface area (Å²) in [4.78, 5) is 27.3. The lowest BCUT2D eigenvalue weighted by atomic mass is 10.3. The first-order valence-corrected chi connectivity index (χ1v) is 8.15. The second-order valence-electron chi connectivity index (χ2n) is 5.57. The van der Waals surface area contributed by atoms with E-state index in [1.54, 1.807) is 36.4 Å². The molecule has 10 nitrogen and oxygen atoms in total. The predicted molar refractivity (Wildman–Crippen MR) is 101 cm³/mol. The van der Waals surface area contributed by atoms with Gasteiger partial charge < -0.3 is 27.3 Å². The summed E-state index contributed by atoms with van der Waals surface area (Å²) < 4.78 is 5.19. The molecule has 0 aliphatic heterocycles. The van der Waals surface area contributed by atoms with Crippen molar-refractivity contribution in [2.45, 2.75) is 19.4 Å². The smallest absolute Gasteiger partial charge is 0.328 e. The van der Waals surface area contributed by atoms with E-state index in [0.717, 1.165) is 0 Å². The average molecular weight is 371 g/mol. The number of ether oxygens (including phenoxy) is 1. The van der Waals surface area contributed by atoms with Gasteiger partial charge >= 0.3 is 5.97 Å². The molecule has 2 aromatic rings. The molecule has 10 heteroatoms. The Hall–Kier alpha value is -3.37. The van der Waals surface area contributed by atoms with Crippen LogP contribution in [0.15, 0.2) is 46.6 Å². The molecule has 0 fully saturated rings. The molecule has 0 saturated carbocycles. The van der Waals surface area contributed by atoms with E-state index in [0.29, 0.717) is 11.4 Å². The van der Waals surface area contributed by atoms with Gasteiger partial charge in [-0.1, -0.05) is 12.1 Å². The number of azo groups is 1. The number of carbonyl (C=O) groups is 2. The number of para-hydroxylation sites is 1. The van der Waals surface area contributed by atoms with Crippen LogP contribution in [0.3, 0.4) is 0 Å². The van der Waals surface area contributed by atoms with Crippen LogP contribution >= 0.6 is 0 Å². The van der Waals surface area contributed by atoms with E-state index in [1.165, 1.54) is 6.92 Å². The van der Waals surface area contributed by atoms with E-state index >= 15 is 0 Å². The fraction of sp³-hybridized carbons (Fsp3) is 0.235. The van der Waals surface area contributed by atoms with Gasteiger partial charge in [-0.25, -0.2) is 9.78 Å². The quantitative estimate of drug-likeness (QED) is 0.325. The molecule has 1 atom stereocenters. The zero-order valence-electron chi connectivity index (χ0n) is 14.8. The van der Waals surface area contributed by atoms with E-state index in [9.17, 15) is 9.59 Å². The van der Waals surface area contributed by atoms with Crippen molar-refractivity contribution in [3.05, 3.63) is 36.4 Å². The van der Waals surface area contributed by atoms with Crippen LogP contribution in [0.5, 0.6) is 5.75 Å². The maximum Gasteiger partial charge on any atom is 0.328 e. The molecule has 0 aliphatic carbocycles. The fourth-order valence-corrected chi connectivity index (χ4v) is 1.89. The van der Waals surface area contributed by atoms with E-state index in [-0.39, 0.29) is 36.3 Å². The summed E-state index contributed by atoms with van der Waals surface area (Å²) in [5, 5.41) is 10.7. The number of pyridine rings is 1. The van der Waals surface area contributed by atoms with Crippen molar-refractivity contribution in [3.8, 4) is 5.75 Å². The van der Waals surface area contributed by atoms with Gasteiger partial charge in [-0.2, -0.15) is 0 Å². The number of anilines is 2. The maximum absolute atomic E-state index is 11.7. The highest BCUT2D eigenvalue weighted by Crippen LogP contribution is 2.30. The van der Waals surface area contributed by atoms with Crippen molar-refractivity contribution in [3.63, 3.8) is 0 Å². The highest BCUT2D eigenvalue weighted by molar-refractivity contribution is 5.90. The zero-order valence-corrected chi connectivity index (χ0v) is 14.8. The van der Waals surface area contributed by atoms with E-state index in [4.69, 9.17) is 21.9 Å². The second-order valence-corrected chi connectivity index (χ2v) is 5.57. The van der Waals surface area contributed by atoms with Gasteiger partial charge in [0.25, 0.3) is 0 Å². The number of amides is 1. The lowest BCUT2D eigenvalue weighted by Crippen LogP contribution is -2.30. The van der Waals surface area contributed by atoms with Crippen molar-refractivity contribution < 1.29 is 14.3 Å². The summed E-state index contributed by atoms with van der Waals surface area (Å²) in [6, 6.07) is 8.94. The van der Waals surface area contributed by atoms with Crippen LogP contribution in [0.2, 0.25) is 0 Å². The Labute approximate surface area is 155 Å². The van der Waals surface area contributed by atoms with Crippen molar-refractivity contribution in [1.82, 2.24) is 4.98 Å². The predicted octanol–water partition coefficient (Wildman–Crippen LogP) is 1.62. The van der Waals surface area contributed by atoms with Gasteiger partial charge in [0.2, 0.25) is 5.91 Å². The number of benzene rings is 1. The largest absolute Gasteiger partial charge is 0.423 e. The lowest BCUT2D eigenvalue weighted by Gasteiger charge is -2.08. The summed E-state index contributed by atoms with van der Waals surface area (Å²) in [6.07, 6.45) is 0.181. The maximum atomic E-state index is 11.7. The molecular weight excluding hydrogens is 350 g/mol. The summed E-state index contributed by atoms with van der Waals surface area (Å²) in [7, 11) is 0. The van der Waals surface area contributed by atoms with Crippen LogP contribution in [0.1, 0.15) is 13.3 Å². The minimum atomic E-state index is -0.767. The Morgan fingerprint density at radius 2 is 1.89 bits per heavy atom. The van der Waals surface area contributed by atoms with Crippen molar-refractivity contribution in [1.29, 1.82) is 0 Å². The first-order chi connectivity index (χ1) is 12.9. The molecule has 0 bridgehead atoms. The van der Waals surface area contributed by atoms with Gasteiger partial charge in [0.05, 0.1) is 0 Å². The molecule has 1 heterocycles. The Morgan fingerprint density at radius 1 is 1.19 bits per heavy atom. The topological polar surface area (TPSA) is 171 Å². The van der Waals surface area contributed by atoms with Gasteiger partial charge in [-0.3, -0.25) is 4.79 Å². The first-order valence-electron chi connectivity index (χ1n) is 8.15. The molecule has 1 aromatic carbocycles. The molecule has 0 aliphatic rings. The van der Waals surface area contributed by atoms with Gasteiger partial charge in [-0.15, -0.1) is 10.2 Å². The van der Waals surface area contributed by atoms with E-state index in [2.05, 4.69) is 20.5 Å². The fourth-order valence-electron chi connectivity index (χ4n) is 1.89. The van der Waals surface area contributed by atoms with Gasteiger partial charge in [0, 0.05) is 13.0 Å². The molecule has 0 spiro atoms. The van der Waals surface area contributed by atoms with Crippen molar-refractivity contribution >= 4 is 34.9 Å². The molecule has 0 saturated heterocycles. The number of nitrogens with zero attached hydrogens (tertiary/aromatic N) is 3. The monoisotopic (exact) mass is 371 g/mol. The molecule has 1 amide bonds. The molecule has 0 radical (unpaired) electrons. The minimum absolute atomic E-state index is 0.0781. The Balaban J connectivity index is 2.16. The summed E-state index contributed by atoms with van der Waals surface area (Å²) >= 11 is 0. The van der Waals surface area contributed by atoms with Gasteiger partial charge in [0.1, 0.15) is 23.2 Å². The third-order valence-electron chi connectivity index (χ3n) is 3.25. The van der Waals surface area contributed by atoms with Crippen LogP contribution < -0.4 is 27.3 Å². The number of rotatable bonds is 7. The molecule has 0 unspecified atom stereocenters. The Bertz CT molecular complexity index is 852. The summed E-state index contributed by atoms with van der Waals surface area (Å²) in [6.45, 7) is 1.76. The van der Waals surface area contributed by atoms with Crippen LogP contribution in [0, 0.1) is 0 Å². The molecule has 7 N–H and O–H groups in total. The summed E-state index contributed by atoms with van der Waals surface area (Å²) in [5.74, 6) is -0.258. The van der Waals surface area contributed by atoms with E-state index in [1.807, 2.05) is 0 Å². The summed E-state index contributed by atoms with van der Waals surface area (Å²) in [5.41, 5.74) is 17.3.